The molecule has 0 unspecified atom stereocenters. The van der Waals surface area contributed by atoms with Crippen molar-refractivity contribution in [2.45, 2.75) is 8.42 Å². The zero-order valence-corrected chi connectivity index (χ0v) is 17.0. The molecule has 0 aliphatic heterocycles. The first kappa shape index (κ1) is 23.2. The standard InChI is InChI=1S/C14H6O12S4/c15-7(16)1-3(9(19)20)13(27-5(1)11(23)24)29-30-14-4(10(21)22)2(8(17)18)6(28-14)12(25)26/h(H,15,16)(H,17,18)(H,19,20)(H,21,22)(H,23,24)(H,25,26). The maximum absolute atomic E-state index is 11.5. The van der Waals surface area contributed by atoms with E-state index in [1.807, 2.05) is 0 Å². The monoisotopic (exact) mass is 494 g/mol. The largest absolute Gasteiger partial charge is 0.478 e. The summed E-state index contributed by atoms with van der Waals surface area (Å²) in [5, 5.41) is 55.2. The number of rotatable bonds is 9. The van der Waals surface area contributed by atoms with E-state index in [9.17, 15) is 49.2 Å². The molecule has 0 aliphatic carbocycles. The molecule has 12 nitrogen and oxygen atoms in total. The highest BCUT2D eigenvalue weighted by atomic mass is 33.1. The maximum atomic E-state index is 11.5. The van der Waals surface area contributed by atoms with Gasteiger partial charge < -0.3 is 30.6 Å². The van der Waals surface area contributed by atoms with Gasteiger partial charge in [0, 0.05) is 0 Å². The molecular weight excluding hydrogens is 488 g/mol. The van der Waals surface area contributed by atoms with E-state index in [1.54, 1.807) is 0 Å². The van der Waals surface area contributed by atoms with Crippen molar-refractivity contribution in [1.29, 1.82) is 0 Å². The van der Waals surface area contributed by atoms with E-state index in [0.29, 0.717) is 44.3 Å². The summed E-state index contributed by atoms with van der Waals surface area (Å²) in [7, 11) is 0.928. The van der Waals surface area contributed by atoms with Gasteiger partial charge in [0.15, 0.2) is 0 Å². The average molecular weight is 494 g/mol. The first-order valence-corrected chi connectivity index (χ1v) is 10.7. The van der Waals surface area contributed by atoms with Gasteiger partial charge in [-0.15, -0.1) is 22.7 Å². The van der Waals surface area contributed by atoms with Crippen molar-refractivity contribution in [1.82, 2.24) is 0 Å². The highest BCUT2D eigenvalue weighted by Gasteiger charge is 2.34. The predicted molar refractivity (Wildman–Crippen MR) is 102 cm³/mol. The van der Waals surface area contributed by atoms with Crippen LogP contribution in [-0.2, 0) is 0 Å². The minimum absolute atomic E-state index is 0.313. The topological polar surface area (TPSA) is 224 Å². The second-order valence-corrected chi connectivity index (χ2v) is 9.64. The van der Waals surface area contributed by atoms with E-state index in [1.165, 1.54) is 0 Å². The maximum Gasteiger partial charge on any atom is 0.346 e. The Hall–Kier alpha value is -3.08. The normalized spacial score (nSPS) is 10.5. The van der Waals surface area contributed by atoms with Crippen molar-refractivity contribution >= 4 is 80.1 Å². The molecule has 30 heavy (non-hydrogen) atoms. The Morgan fingerprint density at radius 3 is 0.933 bits per heavy atom. The van der Waals surface area contributed by atoms with Gasteiger partial charge >= 0.3 is 35.8 Å². The molecule has 2 rings (SSSR count). The van der Waals surface area contributed by atoms with Crippen LogP contribution in [0.2, 0.25) is 0 Å². The molecule has 0 aliphatic rings. The molecule has 0 bridgehead atoms. The molecule has 0 aromatic carbocycles. The Morgan fingerprint density at radius 2 is 0.733 bits per heavy atom. The van der Waals surface area contributed by atoms with Gasteiger partial charge in [-0.25, -0.2) is 28.8 Å². The van der Waals surface area contributed by atoms with Crippen LogP contribution < -0.4 is 0 Å². The van der Waals surface area contributed by atoms with Crippen LogP contribution in [0.25, 0.3) is 0 Å². The highest BCUT2D eigenvalue weighted by molar-refractivity contribution is 8.77. The Labute approximate surface area is 179 Å². The molecule has 6 N–H and O–H groups in total. The quantitative estimate of drug-likeness (QED) is 0.276. The van der Waals surface area contributed by atoms with Crippen LogP contribution in [0.3, 0.4) is 0 Å². The van der Waals surface area contributed by atoms with Crippen molar-refractivity contribution in [3.63, 3.8) is 0 Å². The summed E-state index contributed by atoms with van der Waals surface area (Å²) in [5.41, 5.74) is -3.61. The van der Waals surface area contributed by atoms with Gasteiger partial charge in [-0.2, -0.15) is 0 Å². The highest BCUT2D eigenvalue weighted by Crippen LogP contribution is 2.49. The second-order valence-electron chi connectivity index (χ2n) is 4.93. The lowest BCUT2D eigenvalue weighted by Gasteiger charge is -2.01. The number of hydrogen-bond donors (Lipinski definition) is 6. The Morgan fingerprint density at radius 1 is 0.467 bits per heavy atom. The molecule has 2 heterocycles. The third-order valence-corrected chi connectivity index (χ3v) is 8.81. The lowest BCUT2D eigenvalue weighted by molar-refractivity contribution is 0.0635. The lowest BCUT2D eigenvalue weighted by Crippen LogP contribution is -2.10. The third kappa shape index (κ3) is 4.25. The van der Waals surface area contributed by atoms with Crippen LogP contribution in [0.4, 0.5) is 0 Å². The Balaban J connectivity index is 2.60. The summed E-state index contributed by atoms with van der Waals surface area (Å²) in [4.78, 5) is 66.6. The summed E-state index contributed by atoms with van der Waals surface area (Å²) in [6, 6.07) is 0. The number of hydrogen-bond acceptors (Lipinski definition) is 10. The van der Waals surface area contributed by atoms with Gasteiger partial charge in [0.25, 0.3) is 0 Å². The van der Waals surface area contributed by atoms with Gasteiger partial charge in [-0.1, -0.05) is 0 Å². The summed E-state index contributed by atoms with van der Waals surface area (Å²) in [5.74, 6) is -10.5. The minimum Gasteiger partial charge on any atom is -0.478 e. The van der Waals surface area contributed by atoms with Gasteiger partial charge in [0.1, 0.15) is 32.0 Å². The lowest BCUT2D eigenvalue weighted by atomic mass is 10.1. The third-order valence-electron chi connectivity index (χ3n) is 3.19. The van der Waals surface area contributed by atoms with Crippen LogP contribution >= 0.6 is 44.3 Å². The van der Waals surface area contributed by atoms with Crippen molar-refractivity contribution in [3.8, 4) is 0 Å². The zero-order chi connectivity index (χ0) is 22.9. The van der Waals surface area contributed by atoms with E-state index in [2.05, 4.69) is 0 Å². The van der Waals surface area contributed by atoms with Crippen molar-refractivity contribution in [2.75, 3.05) is 0 Å². The molecule has 0 atom stereocenters. The fraction of sp³-hybridized carbons (Fsp3) is 0. The summed E-state index contributed by atoms with van der Waals surface area (Å²) < 4.78 is -0.637. The molecule has 158 valence electrons. The van der Waals surface area contributed by atoms with Crippen LogP contribution in [0, 0.1) is 0 Å². The summed E-state index contributed by atoms with van der Waals surface area (Å²) >= 11 is 0.627. The molecule has 0 saturated carbocycles. The van der Waals surface area contributed by atoms with Crippen LogP contribution in [0.15, 0.2) is 8.42 Å². The van der Waals surface area contributed by atoms with E-state index in [0.717, 1.165) is 0 Å². The molecular formula is C14H6O12S4. The molecule has 0 spiro atoms. The van der Waals surface area contributed by atoms with Gasteiger partial charge in [0.05, 0.1) is 8.42 Å². The molecule has 2 aromatic heterocycles. The molecule has 0 saturated heterocycles. The summed E-state index contributed by atoms with van der Waals surface area (Å²) in [6.45, 7) is 0. The number of carboxylic acids is 6. The van der Waals surface area contributed by atoms with Crippen molar-refractivity contribution in [3.05, 3.63) is 32.0 Å². The van der Waals surface area contributed by atoms with E-state index in [-0.39, 0.29) is 8.42 Å². The molecule has 16 heteroatoms. The number of aromatic carboxylic acids is 6. The van der Waals surface area contributed by atoms with Gasteiger partial charge in [-0.05, 0) is 21.6 Å². The zero-order valence-electron chi connectivity index (χ0n) is 13.8. The molecule has 0 radical (unpaired) electrons. The Bertz CT molecular complexity index is 1040. The van der Waals surface area contributed by atoms with Gasteiger partial charge in [0.2, 0.25) is 0 Å². The Kier molecular flexibility index (Phi) is 6.76. The van der Waals surface area contributed by atoms with Crippen LogP contribution in [0.5, 0.6) is 0 Å². The van der Waals surface area contributed by atoms with Crippen LogP contribution in [0.1, 0.15) is 60.8 Å². The number of carbonyl (C=O) groups is 6. The minimum atomic E-state index is -1.80. The first-order valence-electron chi connectivity index (χ1n) is 6.96. The predicted octanol–water partition coefficient (Wildman–Crippen LogP) is 2.80. The van der Waals surface area contributed by atoms with E-state index < -0.39 is 67.8 Å². The number of thiophene rings is 2. The first-order chi connectivity index (χ1) is 13.9. The molecule has 0 fully saturated rings. The van der Waals surface area contributed by atoms with Crippen LogP contribution in [-0.4, -0.2) is 66.5 Å². The SMILES string of the molecule is O=C(O)c1sc(SSc2sc(C(=O)O)c(C(=O)O)c2C(=O)O)c(C(=O)O)c1C(=O)O. The molecule has 0 amide bonds. The average Bonchev–Trinajstić information content (AvgIpc) is 3.19. The number of carboxylic acid groups (broad SMARTS) is 6. The fourth-order valence-electron chi connectivity index (χ4n) is 2.11. The molecule has 2 aromatic rings. The smallest absolute Gasteiger partial charge is 0.346 e. The second kappa shape index (κ2) is 8.74. The van der Waals surface area contributed by atoms with E-state index in [4.69, 9.17) is 10.2 Å². The van der Waals surface area contributed by atoms with Crippen molar-refractivity contribution < 1.29 is 59.4 Å². The van der Waals surface area contributed by atoms with Gasteiger partial charge in [-0.3, -0.25) is 0 Å². The summed E-state index contributed by atoms with van der Waals surface area (Å²) in [6.07, 6.45) is 0. The van der Waals surface area contributed by atoms with E-state index >= 15 is 0 Å². The van der Waals surface area contributed by atoms with Crippen molar-refractivity contribution in [2.24, 2.45) is 0 Å². The fourth-order valence-corrected chi connectivity index (χ4v) is 7.47.